The molecule has 0 aromatic heterocycles. The van der Waals surface area contributed by atoms with Crippen molar-refractivity contribution in [1.29, 1.82) is 5.26 Å². The van der Waals surface area contributed by atoms with Crippen molar-refractivity contribution in [2.45, 2.75) is 41.9 Å². The molecule has 0 saturated heterocycles. The highest BCUT2D eigenvalue weighted by atomic mass is 32.2. The number of fused-ring (bicyclic) bond motifs is 1. The van der Waals surface area contributed by atoms with Crippen molar-refractivity contribution < 1.29 is 9.59 Å². The largest absolute Gasteiger partial charge is 0.324 e. The predicted molar refractivity (Wildman–Crippen MR) is 84.7 cm³/mol. The number of thioether (sulfide) groups is 1. The van der Waals surface area contributed by atoms with Gasteiger partial charge in [-0.3, -0.25) is 9.59 Å². The zero-order chi connectivity index (χ0) is 15.9. The first kappa shape index (κ1) is 14.9. The number of carbonyl (C=O) groups is 2. The van der Waals surface area contributed by atoms with E-state index in [1.165, 1.54) is 11.8 Å². The summed E-state index contributed by atoms with van der Waals surface area (Å²) in [5.41, 5.74) is 0.504. The maximum absolute atomic E-state index is 12.6. The molecule has 114 valence electrons. The molecule has 2 amide bonds. The van der Waals surface area contributed by atoms with Crippen molar-refractivity contribution in [2.24, 2.45) is 0 Å². The summed E-state index contributed by atoms with van der Waals surface area (Å²) < 4.78 is 0. The molecule has 1 unspecified atom stereocenters. The molecule has 0 bridgehead atoms. The van der Waals surface area contributed by atoms with E-state index in [1.807, 2.05) is 13.0 Å². The van der Waals surface area contributed by atoms with Crippen molar-refractivity contribution in [3.05, 3.63) is 23.8 Å². The second-order valence-corrected chi connectivity index (χ2v) is 7.20. The molecule has 1 N–H and O–H groups in total. The van der Waals surface area contributed by atoms with Gasteiger partial charge in [0.2, 0.25) is 5.91 Å². The summed E-state index contributed by atoms with van der Waals surface area (Å²) >= 11 is 1.49. The van der Waals surface area contributed by atoms with Gasteiger partial charge in [0.25, 0.3) is 5.91 Å². The van der Waals surface area contributed by atoms with Gasteiger partial charge in [-0.05, 0) is 44.4 Å². The molecule has 22 heavy (non-hydrogen) atoms. The fourth-order valence-corrected chi connectivity index (χ4v) is 3.69. The lowest BCUT2D eigenvalue weighted by Gasteiger charge is -2.43. The van der Waals surface area contributed by atoms with E-state index in [9.17, 15) is 14.9 Å². The Balaban J connectivity index is 1.87. The number of hydrogen-bond acceptors (Lipinski definition) is 4. The summed E-state index contributed by atoms with van der Waals surface area (Å²) in [6.07, 6.45) is 2.42. The minimum Gasteiger partial charge on any atom is -0.324 e. The lowest BCUT2D eigenvalue weighted by Crippen LogP contribution is -2.53. The molecule has 1 aliphatic carbocycles. The molecule has 1 heterocycles. The molecule has 0 radical (unpaired) electrons. The minimum atomic E-state index is -0.667. The molecule has 1 aliphatic heterocycles. The van der Waals surface area contributed by atoms with Gasteiger partial charge in [0, 0.05) is 17.5 Å². The topological polar surface area (TPSA) is 73.2 Å². The third-order valence-electron chi connectivity index (χ3n) is 4.49. The van der Waals surface area contributed by atoms with Gasteiger partial charge in [-0.25, -0.2) is 0 Å². The van der Waals surface area contributed by atoms with Crippen LogP contribution >= 0.6 is 11.8 Å². The summed E-state index contributed by atoms with van der Waals surface area (Å²) in [6.45, 7) is 1.85. The highest BCUT2D eigenvalue weighted by Crippen LogP contribution is 2.39. The van der Waals surface area contributed by atoms with E-state index in [0.717, 1.165) is 24.2 Å². The number of anilines is 1. The molecule has 5 nitrogen and oxygen atoms in total. The van der Waals surface area contributed by atoms with Crippen LogP contribution in [0.4, 0.5) is 5.69 Å². The normalized spacial score (nSPS) is 21.9. The third-order valence-corrected chi connectivity index (χ3v) is 5.67. The summed E-state index contributed by atoms with van der Waals surface area (Å²) in [5.74, 6) is -0.232. The van der Waals surface area contributed by atoms with Crippen molar-refractivity contribution in [1.82, 2.24) is 4.90 Å². The zero-order valence-electron chi connectivity index (χ0n) is 12.5. The number of carbonyl (C=O) groups excluding carboxylic acids is 2. The molecule has 2 aliphatic rings. The maximum Gasteiger partial charge on any atom is 0.254 e. The summed E-state index contributed by atoms with van der Waals surface area (Å²) in [7, 11) is 1.68. The van der Waals surface area contributed by atoms with Crippen molar-refractivity contribution >= 4 is 29.3 Å². The first-order valence-corrected chi connectivity index (χ1v) is 8.16. The number of benzene rings is 1. The maximum atomic E-state index is 12.6. The molecule has 1 aromatic rings. The zero-order valence-corrected chi connectivity index (χ0v) is 13.4. The van der Waals surface area contributed by atoms with E-state index < -0.39 is 5.54 Å². The smallest absolute Gasteiger partial charge is 0.254 e. The molecular formula is C16H17N3O2S. The Morgan fingerprint density at radius 1 is 1.50 bits per heavy atom. The van der Waals surface area contributed by atoms with Crippen LogP contribution in [-0.2, 0) is 4.79 Å². The lowest BCUT2D eigenvalue weighted by molar-refractivity contribution is -0.115. The standard InChI is InChI=1S/C16H17N3O2S/c1-10-14(20)18-12-8-11(4-5-13(12)22-10)15(21)19(2)16(9-17)6-3-7-16/h4-5,8,10H,3,6-7H2,1-2H3,(H,18,20). The van der Waals surface area contributed by atoms with Gasteiger partial charge in [0.05, 0.1) is 17.0 Å². The van der Waals surface area contributed by atoms with Crippen LogP contribution in [-0.4, -0.2) is 34.6 Å². The van der Waals surface area contributed by atoms with Crippen LogP contribution in [0, 0.1) is 11.3 Å². The Kier molecular flexibility index (Phi) is 3.61. The average molecular weight is 315 g/mol. The van der Waals surface area contributed by atoms with E-state index >= 15 is 0 Å². The second-order valence-electron chi connectivity index (χ2n) is 5.82. The Hall–Kier alpha value is -2.00. The number of rotatable bonds is 2. The van der Waals surface area contributed by atoms with Crippen molar-refractivity contribution in [2.75, 3.05) is 12.4 Å². The quantitative estimate of drug-likeness (QED) is 0.910. The highest BCUT2D eigenvalue weighted by Gasteiger charge is 2.43. The molecule has 0 spiro atoms. The summed E-state index contributed by atoms with van der Waals surface area (Å²) in [6, 6.07) is 7.60. The first-order valence-electron chi connectivity index (χ1n) is 7.28. The van der Waals surface area contributed by atoms with Gasteiger partial charge in [-0.1, -0.05) is 0 Å². The molecule has 1 aromatic carbocycles. The van der Waals surface area contributed by atoms with Gasteiger partial charge in [-0.15, -0.1) is 11.8 Å². The highest BCUT2D eigenvalue weighted by molar-refractivity contribution is 8.00. The van der Waals surface area contributed by atoms with Crippen LogP contribution in [0.15, 0.2) is 23.1 Å². The summed E-state index contributed by atoms with van der Waals surface area (Å²) in [4.78, 5) is 26.9. The van der Waals surface area contributed by atoms with Crippen molar-refractivity contribution in [3.63, 3.8) is 0 Å². The number of nitrogens with one attached hydrogen (secondary N) is 1. The van der Waals surface area contributed by atoms with Crippen molar-refractivity contribution in [3.8, 4) is 6.07 Å². The van der Waals surface area contributed by atoms with Crippen LogP contribution in [0.2, 0.25) is 0 Å². The molecule has 6 heteroatoms. The van der Waals surface area contributed by atoms with E-state index in [0.29, 0.717) is 11.3 Å². The number of nitrogens with zero attached hydrogens (tertiary/aromatic N) is 2. The Bertz CT molecular complexity index is 691. The molecule has 3 rings (SSSR count). The minimum absolute atomic E-state index is 0.0528. The van der Waals surface area contributed by atoms with Crippen LogP contribution in [0.1, 0.15) is 36.5 Å². The van der Waals surface area contributed by atoms with Crippen LogP contribution in [0.3, 0.4) is 0 Å². The third kappa shape index (κ3) is 2.26. The van der Waals surface area contributed by atoms with E-state index in [2.05, 4.69) is 11.4 Å². The predicted octanol–water partition coefficient (Wildman–Crippen LogP) is 2.64. The first-order chi connectivity index (χ1) is 10.5. The Labute approximate surface area is 133 Å². The second kappa shape index (κ2) is 5.33. The van der Waals surface area contributed by atoms with Gasteiger partial charge in [0.15, 0.2) is 0 Å². The summed E-state index contributed by atoms with van der Waals surface area (Å²) in [5, 5.41) is 12.1. The van der Waals surface area contributed by atoms with Gasteiger partial charge < -0.3 is 10.2 Å². The Morgan fingerprint density at radius 3 is 2.82 bits per heavy atom. The number of amides is 2. The van der Waals surface area contributed by atoms with Gasteiger partial charge >= 0.3 is 0 Å². The average Bonchev–Trinajstić information content (AvgIpc) is 2.46. The Morgan fingerprint density at radius 2 is 2.23 bits per heavy atom. The van der Waals surface area contributed by atoms with Crippen LogP contribution in [0.25, 0.3) is 0 Å². The number of hydrogen-bond donors (Lipinski definition) is 1. The van der Waals surface area contributed by atoms with Crippen LogP contribution < -0.4 is 5.32 Å². The van der Waals surface area contributed by atoms with Crippen LogP contribution in [0.5, 0.6) is 0 Å². The number of nitriles is 1. The molecule has 1 saturated carbocycles. The van der Waals surface area contributed by atoms with E-state index in [4.69, 9.17) is 0 Å². The molecule has 1 fully saturated rings. The van der Waals surface area contributed by atoms with E-state index in [1.54, 1.807) is 24.1 Å². The lowest BCUT2D eigenvalue weighted by atomic mass is 9.76. The monoisotopic (exact) mass is 315 g/mol. The van der Waals surface area contributed by atoms with Gasteiger partial charge in [0.1, 0.15) is 5.54 Å². The molecular weight excluding hydrogens is 298 g/mol. The van der Waals surface area contributed by atoms with Gasteiger partial charge in [-0.2, -0.15) is 5.26 Å². The fourth-order valence-electron chi connectivity index (χ4n) is 2.76. The van der Waals surface area contributed by atoms with E-state index in [-0.39, 0.29) is 17.1 Å². The molecule has 1 atom stereocenters. The fraction of sp³-hybridized carbons (Fsp3) is 0.438. The SMILES string of the molecule is CC1Sc2ccc(C(=O)N(C)C3(C#N)CCC3)cc2NC1=O.